The number of hydrogen-bond donors (Lipinski definition) is 2. The Kier molecular flexibility index (Phi) is 7.39. The van der Waals surface area contributed by atoms with Crippen molar-refractivity contribution in [2.24, 2.45) is 4.99 Å². The molecule has 0 aliphatic carbocycles. The van der Waals surface area contributed by atoms with Crippen molar-refractivity contribution in [1.29, 1.82) is 0 Å². The molecule has 1 aromatic carbocycles. The standard InChI is InChI=1S/C17H26F3N3/c1-4-16(5-2,14-9-7-6-8-10-14)13-23-15(21-3)22-12-11-17(18,19)20/h6-10H,4-5,11-13H2,1-3H3,(H2,21,22,23). The summed E-state index contributed by atoms with van der Waals surface area (Å²) in [5, 5.41) is 5.89. The zero-order valence-electron chi connectivity index (χ0n) is 14.0. The highest BCUT2D eigenvalue weighted by Crippen LogP contribution is 2.30. The number of alkyl halides is 3. The van der Waals surface area contributed by atoms with E-state index in [4.69, 9.17) is 0 Å². The van der Waals surface area contributed by atoms with Crippen LogP contribution in [-0.2, 0) is 5.41 Å². The molecule has 0 unspecified atom stereocenters. The zero-order chi connectivity index (χ0) is 17.3. The van der Waals surface area contributed by atoms with Crippen LogP contribution in [0.1, 0.15) is 38.7 Å². The molecule has 23 heavy (non-hydrogen) atoms. The van der Waals surface area contributed by atoms with Crippen LogP contribution in [0.3, 0.4) is 0 Å². The average Bonchev–Trinajstić information content (AvgIpc) is 2.54. The molecule has 0 saturated carbocycles. The van der Waals surface area contributed by atoms with Gasteiger partial charge in [0.05, 0.1) is 6.42 Å². The molecule has 0 radical (unpaired) electrons. The van der Waals surface area contributed by atoms with Crippen molar-refractivity contribution in [1.82, 2.24) is 10.6 Å². The van der Waals surface area contributed by atoms with Crippen molar-refractivity contribution in [2.75, 3.05) is 20.1 Å². The van der Waals surface area contributed by atoms with Gasteiger partial charge in [-0.05, 0) is 18.4 Å². The van der Waals surface area contributed by atoms with Crippen molar-refractivity contribution < 1.29 is 13.2 Å². The molecule has 1 aromatic rings. The van der Waals surface area contributed by atoms with Gasteiger partial charge >= 0.3 is 6.18 Å². The number of halogens is 3. The van der Waals surface area contributed by atoms with E-state index < -0.39 is 12.6 Å². The van der Waals surface area contributed by atoms with Crippen LogP contribution in [0, 0.1) is 0 Å². The molecule has 0 spiro atoms. The van der Waals surface area contributed by atoms with E-state index in [1.165, 1.54) is 5.56 Å². The van der Waals surface area contributed by atoms with Gasteiger partial charge in [-0.25, -0.2) is 0 Å². The Balaban J connectivity index is 2.67. The molecule has 0 aliphatic rings. The quantitative estimate of drug-likeness (QED) is 0.589. The predicted molar refractivity (Wildman–Crippen MR) is 88.7 cm³/mol. The monoisotopic (exact) mass is 329 g/mol. The highest BCUT2D eigenvalue weighted by Gasteiger charge is 2.29. The Morgan fingerprint density at radius 1 is 1.04 bits per heavy atom. The molecule has 130 valence electrons. The minimum absolute atomic E-state index is 0.0666. The van der Waals surface area contributed by atoms with Crippen LogP contribution in [-0.4, -0.2) is 32.3 Å². The summed E-state index contributed by atoms with van der Waals surface area (Å²) in [4.78, 5) is 4.00. The number of nitrogens with one attached hydrogen (secondary N) is 2. The largest absolute Gasteiger partial charge is 0.390 e. The topological polar surface area (TPSA) is 36.4 Å². The van der Waals surface area contributed by atoms with Crippen LogP contribution in [0.15, 0.2) is 35.3 Å². The average molecular weight is 329 g/mol. The fourth-order valence-corrected chi connectivity index (χ4v) is 2.60. The van der Waals surface area contributed by atoms with E-state index in [9.17, 15) is 13.2 Å². The summed E-state index contributed by atoms with van der Waals surface area (Å²) in [6, 6.07) is 10.2. The first kappa shape index (κ1) is 19.3. The molecule has 0 aliphatic heterocycles. The highest BCUT2D eigenvalue weighted by atomic mass is 19.4. The van der Waals surface area contributed by atoms with E-state index in [0.29, 0.717) is 12.5 Å². The number of benzene rings is 1. The van der Waals surface area contributed by atoms with Crippen molar-refractivity contribution in [2.45, 2.75) is 44.7 Å². The maximum Gasteiger partial charge on any atom is 0.390 e. The Bertz CT molecular complexity index is 480. The lowest BCUT2D eigenvalue weighted by Gasteiger charge is -2.33. The van der Waals surface area contributed by atoms with Gasteiger partial charge in [0, 0.05) is 25.6 Å². The van der Waals surface area contributed by atoms with Crippen LogP contribution >= 0.6 is 0 Å². The van der Waals surface area contributed by atoms with Crippen LogP contribution in [0.2, 0.25) is 0 Å². The summed E-state index contributed by atoms with van der Waals surface area (Å²) in [5.41, 5.74) is 1.16. The molecular formula is C17H26F3N3. The smallest absolute Gasteiger partial charge is 0.356 e. The van der Waals surface area contributed by atoms with Gasteiger partial charge in [-0.3, -0.25) is 4.99 Å². The predicted octanol–water partition coefficient (Wildman–Crippen LogP) is 3.86. The van der Waals surface area contributed by atoms with Crippen LogP contribution in [0.25, 0.3) is 0 Å². The highest BCUT2D eigenvalue weighted by molar-refractivity contribution is 5.79. The van der Waals surface area contributed by atoms with Gasteiger partial charge in [0.1, 0.15) is 0 Å². The normalized spacial score (nSPS) is 13.0. The summed E-state index contributed by atoms with van der Waals surface area (Å²) >= 11 is 0. The van der Waals surface area contributed by atoms with Gasteiger partial charge in [0.15, 0.2) is 5.96 Å². The Hall–Kier alpha value is -1.72. The Morgan fingerprint density at radius 3 is 2.13 bits per heavy atom. The Labute approximate surface area is 136 Å². The first-order chi connectivity index (χ1) is 10.9. The minimum Gasteiger partial charge on any atom is -0.356 e. The zero-order valence-corrected chi connectivity index (χ0v) is 14.0. The third-order valence-electron chi connectivity index (χ3n) is 4.26. The molecule has 1 rings (SSSR count). The first-order valence-corrected chi connectivity index (χ1v) is 7.93. The lowest BCUT2D eigenvalue weighted by atomic mass is 9.76. The Morgan fingerprint density at radius 2 is 1.65 bits per heavy atom. The minimum atomic E-state index is -4.16. The van der Waals surface area contributed by atoms with Gasteiger partial charge in [-0.15, -0.1) is 0 Å². The van der Waals surface area contributed by atoms with E-state index in [0.717, 1.165) is 12.8 Å². The van der Waals surface area contributed by atoms with Gasteiger partial charge in [0.2, 0.25) is 0 Å². The summed E-state index contributed by atoms with van der Waals surface area (Å²) < 4.78 is 36.6. The molecule has 0 amide bonds. The lowest BCUT2D eigenvalue weighted by Crippen LogP contribution is -2.46. The number of hydrogen-bond acceptors (Lipinski definition) is 1. The van der Waals surface area contributed by atoms with Crippen molar-refractivity contribution in [3.63, 3.8) is 0 Å². The SMILES string of the molecule is CCC(CC)(CNC(=NC)NCCC(F)(F)F)c1ccccc1. The number of rotatable bonds is 7. The van der Waals surface area contributed by atoms with Gasteiger partial charge in [-0.2, -0.15) is 13.2 Å². The number of guanidine groups is 1. The van der Waals surface area contributed by atoms with E-state index in [-0.39, 0.29) is 12.0 Å². The maximum atomic E-state index is 12.2. The van der Waals surface area contributed by atoms with E-state index in [2.05, 4.69) is 41.6 Å². The van der Waals surface area contributed by atoms with Crippen molar-refractivity contribution in [3.05, 3.63) is 35.9 Å². The van der Waals surface area contributed by atoms with Gasteiger partial charge in [0.25, 0.3) is 0 Å². The lowest BCUT2D eigenvalue weighted by molar-refractivity contribution is -0.132. The molecule has 0 heterocycles. The summed E-state index contributed by atoms with van der Waals surface area (Å²) in [7, 11) is 1.56. The molecule has 0 bridgehead atoms. The van der Waals surface area contributed by atoms with Gasteiger partial charge in [-0.1, -0.05) is 44.2 Å². The van der Waals surface area contributed by atoms with E-state index >= 15 is 0 Å². The van der Waals surface area contributed by atoms with E-state index in [1.54, 1.807) is 7.05 Å². The van der Waals surface area contributed by atoms with Crippen molar-refractivity contribution >= 4 is 5.96 Å². The summed E-state index contributed by atoms with van der Waals surface area (Å²) in [6.07, 6.45) is -3.17. The number of aliphatic imine (C=N–C) groups is 1. The van der Waals surface area contributed by atoms with Crippen molar-refractivity contribution in [3.8, 4) is 0 Å². The second kappa shape index (κ2) is 8.79. The van der Waals surface area contributed by atoms with Crippen LogP contribution in [0.5, 0.6) is 0 Å². The third-order valence-corrected chi connectivity index (χ3v) is 4.26. The molecular weight excluding hydrogens is 303 g/mol. The summed E-state index contributed by atoms with van der Waals surface area (Å²) in [5.74, 6) is 0.399. The second-order valence-corrected chi connectivity index (χ2v) is 5.57. The second-order valence-electron chi connectivity index (χ2n) is 5.57. The first-order valence-electron chi connectivity index (χ1n) is 7.93. The number of nitrogens with zero attached hydrogens (tertiary/aromatic N) is 1. The van der Waals surface area contributed by atoms with E-state index in [1.807, 2.05) is 18.2 Å². The fraction of sp³-hybridized carbons (Fsp3) is 0.588. The van der Waals surface area contributed by atoms with Crippen LogP contribution < -0.4 is 10.6 Å². The van der Waals surface area contributed by atoms with Crippen LogP contribution in [0.4, 0.5) is 13.2 Å². The molecule has 0 atom stereocenters. The summed E-state index contributed by atoms with van der Waals surface area (Å²) in [6.45, 7) is 4.69. The molecule has 6 heteroatoms. The van der Waals surface area contributed by atoms with Gasteiger partial charge < -0.3 is 10.6 Å². The third kappa shape index (κ3) is 6.12. The molecule has 0 fully saturated rings. The molecule has 0 saturated heterocycles. The maximum absolute atomic E-state index is 12.2. The fourth-order valence-electron chi connectivity index (χ4n) is 2.60. The molecule has 0 aromatic heterocycles. The molecule has 2 N–H and O–H groups in total. The molecule has 3 nitrogen and oxygen atoms in total.